The van der Waals surface area contributed by atoms with Gasteiger partial charge in [0, 0.05) is 13.0 Å². The first-order valence-corrected chi connectivity index (χ1v) is 5.39. The molecule has 0 saturated carbocycles. The highest BCUT2D eigenvalue weighted by atomic mass is 19.4. The van der Waals surface area contributed by atoms with Gasteiger partial charge in [0.2, 0.25) is 5.91 Å². The maximum atomic E-state index is 13.6. The summed E-state index contributed by atoms with van der Waals surface area (Å²) in [6.07, 6.45) is -4.72. The first-order chi connectivity index (χ1) is 8.82. The van der Waals surface area contributed by atoms with E-state index in [0.29, 0.717) is 18.2 Å². The van der Waals surface area contributed by atoms with E-state index in [-0.39, 0.29) is 13.0 Å². The van der Waals surface area contributed by atoms with Crippen molar-refractivity contribution in [2.75, 3.05) is 11.4 Å². The monoisotopic (exact) mass is 272 g/mol. The van der Waals surface area contributed by atoms with Crippen LogP contribution >= 0.6 is 0 Å². The van der Waals surface area contributed by atoms with E-state index in [9.17, 15) is 22.4 Å². The van der Waals surface area contributed by atoms with Crippen molar-refractivity contribution in [1.82, 2.24) is 0 Å². The number of hydrogen-bond donors (Lipinski definition) is 0. The van der Waals surface area contributed by atoms with Gasteiger partial charge in [-0.15, -0.1) is 0 Å². The zero-order chi connectivity index (χ0) is 14.2. The van der Waals surface area contributed by atoms with Gasteiger partial charge in [-0.25, -0.2) is 4.39 Å². The SMILES string of the molecule is N#CC1CC(=O)N(c2cc(C(F)(F)F)ccc2F)C1. The van der Waals surface area contributed by atoms with Crippen molar-refractivity contribution in [3.05, 3.63) is 29.6 Å². The zero-order valence-corrected chi connectivity index (χ0v) is 9.54. The predicted molar refractivity (Wildman–Crippen MR) is 57.5 cm³/mol. The Morgan fingerprint density at radius 1 is 1.37 bits per heavy atom. The molecule has 1 aliphatic heterocycles. The number of rotatable bonds is 1. The molecule has 1 unspecified atom stereocenters. The summed E-state index contributed by atoms with van der Waals surface area (Å²) in [5.41, 5.74) is -1.46. The molecular formula is C12H8F4N2O. The van der Waals surface area contributed by atoms with Crippen LogP contribution in [-0.4, -0.2) is 12.5 Å². The van der Waals surface area contributed by atoms with Crippen molar-refractivity contribution in [1.29, 1.82) is 5.26 Å². The zero-order valence-electron chi connectivity index (χ0n) is 9.54. The number of carbonyl (C=O) groups is 1. The van der Waals surface area contributed by atoms with E-state index in [1.807, 2.05) is 6.07 Å². The van der Waals surface area contributed by atoms with E-state index in [2.05, 4.69) is 0 Å². The molecule has 1 aromatic carbocycles. The summed E-state index contributed by atoms with van der Waals surface area (Å²) in [4.78, 5) is 12.5. The van der Waals surface area contributed by atoms with Crippen molar-refractivity contribution < 1.29 is 22.4 Å². The molecular weight excluding hydrogens is 264 g/mol. The molecule has 2 rings (SSSR count). The molecule has 0 aliphatic carbocycles. The van der Waals surface area contributed by atoms with Gasteiger partial charge in [-0.1, -0.05) is 0 Å². The molecule has 100 valence electrons. The minimum absolute atomic E-state index is 0.0897. The van der Waals surface area contributed by atoms with Gasteiger partial charge in [-0.2, -0.15) is 18.4 Å². The lowest BCUT2D eigenvalue weighted by atomic mass is 10.1. The van der Waals surface area contributed by atoms with E-state index < -0.39 is 35.1 Å². The van der Waals surface area contributed by atoms with Crippen LogP contribution in [0.1, 0.15) is 12.0 Å². The Morgan fingerprint density at radius 2 is 2.05 bits per heavy atom. The third kappa shape index (κ3) is 2.52. The Labute approximate surface area is 106 Å². The fourth-order valence-corrected chi connectivity index (χ4v) is 1.92. The van der Waals surface area contributed by atoms with Gasteiger partial charge in [0.1, 0.15) is 5.82 Å². The molecule has 0 radical (unpaired) electrons. The molecule has 1 heterocycles. The van der Waals surface area contributed by atoms with Gasteiger partial charge < -0.3 is 4.90 Å². The molecule has 7 heteroatoms. The summed E-state index contributed by atoms with van der Waals surface area (Å²) in [6.45, 7) is -0.0897. The summed E-state index contributed by atoms with van der Waals surface area (Å²) in [7, 11) is 0. The van der Waals surface area contributed by atoms with E-state index in [0.717, 1.165) is 4.90 Å². The van der Waals surface area contributed by atoms with Crippen LogP contribution in [0.2, 0.25) is 0 Å². The fraction of sp³-hybridized carbons (Fsp3) is 0.333. The lowest BCUT2D eigenvalue weighted by Crippen LogP contribution is -2.26. The van der Waals surface area contributed by atoms with E-state index in [1.54, 1.807) is 0 Å². The minimum atomic E-state index is -4.61. The summed E-state index contributed by atoms with van der Waals surface area (Å²) in [5, 5.41) is 8.70. The standard InChI is InChI=1S/C12H8F4N2O/c13-9-2-1-8(12(14,15)16)4-10(9)18-6-7(5-17)3-11(18)19/h1-2,4,7H,3,6H2. The number of amides is 1. The second-order valence-corrected chi connectivity index (χ2v) is 4.20. The quantitative estimate of drug-likeness (QED) is 0.738. The third-order valence-electron chi connectivity index (χ3n) is 2.87. The second kappa shape index (κ2) is 4.53. The van der Waals surface area contributed by atoms with E-state index in [1.165, 1.54) is 0 Å². The van der Waals surface area contributed by atoms with Crippen LogP contribution in [0.5, 0.6) is 0 Å². The highest BCUT2D eigenvalue weighted by molar-refractivity contribution is 5.96. The van der Waals surface area contributed by atoms with Crippen molar-refractivity contribution >= 4 is 11.6 Å². The Bertz CT molecular complexity index is 562. The van der Waals surface area contributed by atoms with Crippen molar-refractivity contribution in [3.63, 3.8) is 0 Å². The van der Waals surface area contributed by atoms with Gasteiger partial charge >= 0.3 is 6.18 Å². The summed E-state index contributed by atoms with van der Waals surface area (Å²) in [6, 6.07) is 3.73. The Balaban J connectivity index is 2.40. The highest BCUT2D eigenvalue weighted by Gasteiger charge is 2.35. The third-order valence-corrected chi connectivity index (χ3v) is 2.87. The number of halogens is 4. The number of anilines is 1. The minimum Gasteiger partial charge on any atom is -0.308 e. The molecule has 0 N–H and O–H groups in total. The Morgan fingerprint density at radius 3 is 2.58 bits per heavy atom. The molecule has 1 fully saturated rings. The Kier molecular flexibility index (Phi) is 3.18. The smallest absolute Gasteiger partial charge is 0.308 e. The number of nitriles is 1. The largest absolute Gasteiger partial charge is 0.416 e. The summed E-state index contributed by atoms with van der Waals surface area (Å²) >= 11 is 0. The van der Waals surface area contributed by atoms with Gasteiger partial charge in [-0.3, -0.25) is 4.79 Å². The van der Waals surface area contributed by atoms with Crippen LogP contribution in [0.15, 0.2) is 18.2 Å². The number of carbonyl (C=O) groups excluding carboxylic acids is 1. The molecule has 3 nitrogen and oxygen atoms in total. The van der Waals surface area contributed by atoms with Crippen molar-refractivity contribution in [2.24, 2.45) is 5.92 Å². The highest BCUT2D eigenvalue weighted by Crippen LogP contribution is 2.34. The maximum Gasteiger partial charge on any atom is 0.416 e. The molecule has 1 aliphatic rings. The van der Waals surface area contributed by atoms with Crippen LogP contribution in [0.4, 0.5) is 23.2 Å². The van der Waals surface area contributed by atoms with Crippen LogP contribution < -0.4 is 4.90 Å². The second-order valence-electron chi connectivity index (χ2n) is 4.20. The fourth-order valence-electron chi connectivity index (χ4n) is 1.92. The first-order valence-electron chi connectivity index (χ1n) is 5.39. The molecule has 1 atom stereocenters. The molecule has 1 amide bonds. The maximum absolute atomic E-state index is 13.6. The lowest BCUT2D eigenvalue weighted by molar-refractivity contribution is -0.137. The van der Waals surface area contributed by atoms with Gasteiger partial charge in [0.15, 0.2) is 0 Å². The first kappa shape index (κ1) is 13.3. The van der Waals surface area contributed by atoms with Crippen molar-refractivity contribution in [2.45, 2.75) is 12.6 Å². The molecule has 1 saturated heterocycles. The van der Waals surface area contributed by atoms with Crippen LogP contribution in [0, 0.1) is 23.1 Å². The number of alkyl halides is 3. The number of hydrogen-bond acceptors (Lipinski definition) is 2. The van der Waals surface area contributed by atoms with Crippen LogP contribution in [0.3, 0.4) is 0 Å². The van der Waals surface area contributed by atoms with E-state index >= 15 is 0 Å². The number of nitrogens with zero attached hydrogens (tertiary/aromatic N) is 2. The van der Waals surface area contributed by atoms with Gasteiger partial charge in [0.25, 0.3) is 0 Å². The molecule has 0 aromatic heterocycles. The summed E-state index contributed by atoms with van der Waals surface area (Å²) in [5.74, 6) is -2.09. The average Bonchev–Trinajstić information content (AvgIpc) is 2.69. The average molecular weight is 272 g/mol. The molecule has 0 bridgehead atoms. The van der Waals surface area contributed by atoms with Crippen LogP contribution in [-0.2, 0) is 11.0 Å². The van der Waals surface area contributed by atoms with Crippen molar-refractivity contribution in [3.8, 4) is 6.07 Å². The van der Waals surface area contributed by atoms with Crippen LogP contribution in [0.25, 0.3) is 0 Å². The summed E-state index contributed by atoms with van der Waals surface area (Å²) < 4.78 is 51.2. The van der Waals surface area contributed by atoms with E-state index in [4.69, 9.17) is 5.26 Å². The normalized spacial score (nSPS) is 19.6. The van der Waals surface area contributed by atoms with Gasteiger partial charge in [0.05, 0.1) is 23.2 Å². The molecule has 0 spiro atoms. The lowest BCUT2D eigenvalue weighted by Gasteiger charge is -2.18. The molecule has 1 aromatic rings. The Hall–Kier alpha value is -2.10. The predicted octanol–water partition coefficient (Wildman–Crippen LogP) is 2.72. The topological polar surface area (TPSA) is 44.1 Å². The number of benzene rings is 1. The van der Waals surface area contributed by atoms with Gasteiger partial charge in [-0.05, 0) is 18.2 Å². The molecule has 19 heavy (non-hydrogen) atoms.